The average Bonchev–Trinajstić information content (AvgIpc) is 2.45. The SMILES string of the molecule is CC1(C)C(Nc2ccccc2SC(F)F)C2CCCOC21. The third kappa shape index (κ3) is 2.78. The maximum atomic E-state index is 12.7. The zero-order chi connectivity index (χ0) is 15.0. The van der Waals surface area contributed by atoms with E-state index in [1.807, 2.05) is 12.1 Å². The van der Waals surface area contributed by atoms with E-state index in [9.17, 15) is 8.78 Å². The molecule has 3 atom stereocenters. The van der Waals surface area contributed by atoms with Crippen molar-refractivity contribution in [3.63, 3.8) is 0 Å². The van der Waals surface area contributed by atoms with Crippen LogP contribution in [0.15, 0.2) is 29.2 Å². The molecule has 0 radical (unpaired) electrons. The summed E-state index contributed by atoms with van der Waals surface area (Å²) in [6.45, 7) is 5.23. The predicted molar refractivity (Wildman–Crippen MR) is 82.0 cm³/mol. The van der Waals surface area contributed by atoms with Gasteiger partial charge < -0.3 is 10.1 Å². The first-order valence-electron chi connectivity index (χ1n) is 7.42. The Morgan fingerprint density at radius 3 is 2.86 bits per heavy atom. The van der Waals surface area contributed by atoms with Gasteiger partial charge in [0.2, 0.25) is 0 Å². The Balaban J connectivity index is 1.77. The molecular weight excluding hydrogens is 292 g/mol. The zero-order valence-electron chi connectivity index (χ0n) is 12.3. The molecule has 3 unspecified atom stereocenters. The summed E-state index contributed by atoms with van der Waals surface area (Å²) in [4.78, 5) is 0.614. The first kappa shape index (κ1) is 15.1. The largest absolute Gasteiger partial charge is 0.380 e. The van der Waals surface area contributed by atoms with Gasteiger partial charge in [-0.25, -0.2) is 0 Å². The van der Waals surface area contributed by atoms with Crippen LogP contribution in [0.3, 0.4) is 0 Å². The van der Waals surface area contributed by atoms with Gasteiger partial charge in [-0.15, -0.1) is 0 Å². The Hall–Kier alpha value is -0.810. The summed E-state index contributed by atoms with van der Waals surface area (Å²) in [7, 11) is 0. The van der Waals surface area contributed by atoms with E-state index in [1.54, 1.807) is 12.1 Å². The van der Waals surface area contributed by atoms with Crippen molar-refractivity contribution in [2.75, 3.05) is 11.9 Å². The number of rotatable bonds is 4. The third-order valence-electron chi connectivity index (χ3n) is 4.75. The summed E-state index contributed by atoms with van der Waals surface area (Å²) in [5.74, 6) is -1.91. The smallest absolute Gasteiger partial charge is 0.288 e. The second-order valence-corrected chi connectivity index (χ2v) is 7.45. The molecule has 1 N–H and O–H groups in total. The number of fused-ring (bicyclic) bond motifs is 1. The lowest BCUT2D eigenvalue weighted by Gasteiger charge is -2.60. The van der Waals surface area contributed by atoms with E-state index in [2.05, 4.69) is 19.2 Å². The Morgan fingerprint density at radius 1 is 1.33 bits per heavy atom. The topological polar surface area (TPSA) is 21.3 Å². The lowest BCUT2D eigenvalue weighted by molar-refractivity contribution is -0.177. The van der Waals surface area contributed by atoms with E-state index in [-0.39, 0.29) is 11.5 Å². The minimum absolute atomic E-state index is 0.0354. The number of thioether (sulfide) groups is 1. The van der Waals surface area contributed by atoms with Gasteiger partial charge in [0.05, 0.1) is 6.10 Å². The fraction of sp³-hybridized carbons (Fsp3) is 0.625. The molecule has 0 bridgehead atoms. The number of ether oxygens (including phenoxy) is 1. The summed E-state index contributed by atoms with van der Waals surface area (Å²) < 4.78 is 31.2. The first-order valence-corrected chi connectivity index (χ1v) is 8.30. The molecule has 5 heteroatoms. The summed E-state index contributed by atoms with van der Waals surface area (Å²) >= 11 is 0.604. The molecule has 0 amide bonds. The maximum Gasteiger partial charge on any atom is 0.288 e. The molecule has 0 aromatic heterocycles. The maximum absolute atomic E-state index is 12.7. The van der Waals surface area contributed by atoms with Crippen molar-refractivity contribution in [2.45, 2.75) is 49.5 Å². The second kappa shape index (κ2) is 5.76. The van der Waals surface area contributed by atoms with E-state index in [4.69, 9.17) is 4.74 Å². The van der Waals surface area contributed by atoms with Crippen LogP contribution in [0, 0.1) is 11.3 Å². The molecule has 116 valence electrons. The van der Waals surface area contributed by atoms with Gasteiger partial charge >= 0.3 is 0 Å². The summed E-state index contributed by atoms with van der Waals surface area (Å²) in [6.07, 6.45) is 2.53. The molecule has 2 fully saturated rings. The van der Waals surface area contributed by atoms with E-state index in [0.29, 0.717) is 28.7 Å². The van der Waals surface area contributed by atoms with Gasteiger partial charge in [0.15, 0.2) is 0 Å². The highest BCUT2D eigenvalue weighted by atomic mass is 32.2. The zero-order valence-corrected chi connectivity index (χ0v) is 13.1. The van der Waals surface area contributed by atoms with Gasteiger partial charge in [-0.2, -0.15) is 8.78 Å². The molecule has 21 heavy (non-hydrogen) atoms. The number of hydrogen-bond acceptors (Lipinski definition) is 3. The summed E-state index contributed by atoms with van der Waals surface area (Å²) in [5, 5.41) is 3.51. The monoisotopic (exact) mass is 313 g/mol. The van der Waals surface area contributed by atoms with Crippen molar-refractivity contribution in [3.8, 4) is 0 Å². The van der Waals surface area contributed by atoms with Crippen molar-refractivity contribution in [1.29, 1.82) is 0 Å². The van der Waals surface area contributed by atoms with Crippen LogP contribution in [0.2, 0.25) is 0 Å². The van der Waals surface area contributed by atoms with Gasteiger partial charge in [0, 0.05) is 34.6 Å². The van der Waals surface area contributed by atoms with Gasteiger partial charge in [0.25, 0.3) is 5.76 Å². The van der Waals surface area contributed by atoms with Crippen molar-refractivity contribution >= 4 is 17.4 Å². The van der Waals surface area contributed by atoms with Crippen LogP contribution in [-0.4, -0.2) is 24.5 Å². The summed E-state index contributed by atoms with van der Waals surface area (Å²) in [6, 6.07) is 7.60. The van der Waals surface area contributed by atoms with Gasteiger partial charge in [-0.1, -0.05) is 37.7 Å². The summed E-state index contributed by atoms with van der Waals surface area (Å²) in [5.41, 5.74) is 0.846. The Bertz CT molecular complexity index is 509. The van der Waals surface area contributed by atoms with Crippen LogP contribution in [0.1, 0.15) is 26.7 Å². The highest BCUT2D eigenvalue weighted by molar-refractivity contribution is 7.99. The highest BCUT2D eigenvalue weighted by Gasteiger charge is 2.57. The van der Waals surface area contributed by atoms with E-state index in [1.165, 1.54) is 0 Å². The molecule has 1 aliphatic heterocycles. The molecule has 1 aliphatic carbocycles. The van der Waals surface area contributed by atoms with E-state index in [0.717, 1.165) is 25.1 Å². The van der Waals surface area contributed by atoms with Crippen LogP contribution >= 0.6 is 11.8 Å². The molecule has 1 heterocycles. The number of nitrogens with one attached hydrogen (secondary N) is 1. The Morgan fingerprint density at radius 2 is 2.10 bits per heavy atom. The fourth-order valence-electron chi connectivity index (χ4n) is 3.77. The lowest BCUT2D eigenvalue weighted by Crippen LogP contribution is -2.67. The van der Waals surface area contributed by atoms with Crippen LogP contribution in [0.25, 0.3) is 0 Å². The number of halogens is 2. The van der Waals surface area contributed by atoms with E-state index < -0.39 is 5.76 Å². The number of alkyl halides is 2. The Kier molecular flexibility index (Phi) is 4.14. The van der Waals surface area contributed by atoms with Crippen molar-refractivity contribution in [3.05, 3.63) is 24.3 Å². The molecule has 1 saturated carbocycles. The highest BCUT2D eigenvalue weighted by Crippen LogP contribution is 2.52. The quantitative estimate of drug-likeness (QED) is 0.820. The number of hydrogen-bond donors (Lipinski definition) is 1. The molecule has 1 aromatic carbocycles. The Labute approximate surface area is 128 Å². The van der Waals surface area contributed by atoms with Gasteiger partial charge in [0.1, 0.15) is 0 Å². The van der Waals surface area contributed by atoms with Crippen LogP contribution < -0.4 is 5.32 Å². The molecule has 2 aliphatic rings. The van der Waals surface area contributed by atoms with E-state index >= 15 is 0 Å². The van der Waals surface area contributed by atoms with Crippen LogP contribution in [0.5, 0.6) is 0 Å². The first-order chi connectivity index (χ1) is 10.00. The molecule has 0 spiro atoms. The minimum Gasteiger partial charge on any atom is -0.380 e. The minimum atomic E-state index is -2.40. The average molecular weight is 313 g/mol. The number of benzene rings is 1. The van der Waals surface area contributed by atoms with Crippen molar-refractivity contribution in [2.24, 2.45) is 11.3 Å². The molecule has 3 rings (SSSR count). The predicted octanol–water partition coefficient (Wildman–Crippen LogP) is 4.62. The lowest BCUT2D eigenvalue weighted by atomic mass is 9.55. The van der Waals surface area contributed by atoms with Crippen LogP contribution in [0.4, 0.5) is 14.5 Å². The third-order valence-corrected chi connectivity index (χ3v) is 5.53. The molecule has 2 nitrogen and oxygen atoms in total. The van der Waals surface area contributed by atoms with Gasteiger partial charge in [-0.3, -0.25) is 0 Å². The normalized spacial score (nSPS) is 30.6. The molecular formula is C16H21F2NOS. The van der Waals surface area contributed by atoms with Crippen molar-refractivity contribution in [1.82, 2.24) is 0 Å². The molecule has 1 aromatic rings. The number of para-hydroxylation sites is 1. The number of anilines is 1. The second-order valence-electron chi connectivity index (χ2n) is 6.42. The van der Waals surface area contributed by atoms with Gasteiger partial charge in [-0.05, 0) is 25.0 Å². The molecule has 1 saturated heterocycles. The van der Waals surface area contributed by atoms with Crippen molar-refractivity contribution < 1.29 is 13.5 Å². The fourth-order valence-corrected chi connectivity index (χ4v) is 4.37. The van der Waals surface area contributed by atoms with Crippen LogP contribution in [-0.2, 0) is 4.74 Å². The standard InChI is InChI=1S/C16H21F2NOS/c1-16(2)13(10-6-5-9-20-14(10)16)19-11-7-3-4-8-12(11)21-15(17)18/h3-4,7-8,10,13-15,19H,5-6,9H2,1-2H3.